The Bertz CT molecular complexity index is 3400. The Morgan fingerprint density at radius 1 is 0.693 bits per heavy atom. The number of nitrogens with zero attached hydrogens (tertiary/aromatic N) is 9. The number of nitrogens with one attached hydrogen (secondary N) is 1. The number of ether oxygens (including phenoxy) is 4. The molecule has 30 heteroatoms. The van der Waals surface area contributed by atoms with Gasteiger partial charge >= 0.3 is 24.3 Å². The third-order valence-electron chi connectivity index (χ3n) is 16.4. The number of aromatic nitrogens is 8. The van der Waals surface area contributed by atoms with Gasteiger partial charge in [0.2, 0.25) is 0 Å². The molecule has 6 aromatic rings. The van der Waals surface area contributed by atoms with E-state index in [0.717, 1.165) is 115 Å². The highest BCUT2D eigenvalue weighted by atomic mass is 127. The van der Waals surface area contributed by atoms with Crippen LogP contribution in [0.15, 0.2) is 48.5 Å². The predicted molar refractivity (Wildman–Crippen MR) is 323 cm³/mol. The standard InChI is InChI=1S/C27H32IN5O3.C13H14ClIN4O3.C13H18N2.2C2HF3O2.CH4/c1-17-20-8-4-3-7-19(20)15-27(17)10-12-32(13-11-27)25-21(16-36-18(2)34)29-23-24(28)31-33(26(23)30-25)22-9-5-6-14-35-22;1-7(20)22-6-8-11(14)17-13-10(16-8)12(15)18-19(13)9-4-2-3-5-21-9;14-12-11-4-2-1-3-10(11)9-13(12)5-7-15-8-6-13;2*3-2(4,5)1(6)7;/h3-4,7-8,17,22H,5-6,9-16H2,1-2H3;9H,2-6H2,1H3;1-4,12,15H,5-9,14H2;2*(H,6,7);1H4/p-2. The van der Waals surface area contributed by atoms with E-state index in [9.17, 15) is 35.9 Å². The highest BCUT2D eigenvalue weighted by Gasteiger charge is 2.46. The minimum absolute atomic E-state index is 0. The quantitative estimate of drug-likeness (QED) is 0.0857. The second-order valence-corrected chi connectivity index (χ2v) is 24.4. The van der Waals surface area contributed by atoms with Gasteiger partial charge in [0.05, 0.1) is 0 Å². The maximum Gasteiger partial charge on any atom is 0.430 e. The summed E-state index contributed by atoms with van der Waals surface area (Å²) in [6, 6.07) is 17.9. The summed E-state index contributed by atoms with van der Waals surface area (Å²) >= 11 is 10.5. The van der Waals surface area contributed by atoms with Crippen LogP contribution in [0.1, 0.15) is 150 Å². The first-order valence-electron chi connectivity index (χ1n) is 28.2. The number of hydrogen-bond donors (Lipinski definition) is 2. The van der Waals surface area contributed by atoms with E-state index in [0.29, 0.717) is 45.9 Å². The van der Waals surface area contributed by atoms with Crippen molar-refractivity contribution in [1.29, 1.82) is 0 Å². The number of aliphatic carboxylic acids is 2. The van der Waals surface area contributed by atoms with Gasteiger partial charge < -0.3 is 54.7 Å². The normalized spacial score (nSPS) is 20.7. The van der Waals surface area contributed by atoms with Crippen LogP contribution in [0.25, 0.3) is 22.3 Å². The topological polar surface area (TPSA) is 280 Å². The van der Waals surface area contributed by atoms with Gasteiger partial charge in [0.15, 0.2) is 42.1 Å². The van der Waals surface area contributed by atoms with E-state index in [1.165, 1.54) is 55.4 Å². The van der Waals surface area contributed by atoms with Gasteiger partial charge in [-0.25, -0.2) is 29.3 Å². The van der Waals surface area contributed by atoms with Gasteiger partial charge in [-0.1, -0.05) is 74.5 Å². The van der Waals surface area contributed by atoms with Gasteiger partial charge in [0.1, 0.15) is 47.6 Å². The third kappa shape index (κ3) is 16.7. The van der Waals surface area contributed by atoms with Crippen LogP contribution in [0.3, 0.4) is 0 Å². The van der Waals surface area contributed by atoms with Crippen molar-refractivity contribution in [1.82, 2.24) is 44.8 Å². The predicted octanol–water partition coefficient (Wildman–Crippen LogP) is 8.83. The first-order valence-corrected chi connectivity index (χ1v) is 30.7. The van der Waals surface area contributed by atoms with Gasteiger partial charge in [0.25, 0.3) is 0 Å². The van der Waals surface area contributed by atoms with E-state index < -0.39 is 24.3 Å². The number of alkyl halides is 6. The molecule has 21 nitrogen and oxygen atoms in total. The summed E-state index contributed by atoms with van der Waals surface area (Å²) in [6.07, 6.45) is 2.49. The van der Waals surface area contributed by atoms with Crippen LogP contribution in [0, 0.1) is 18.2 Å². The lowest BCUT2D eigenvalue weighted by Gasteiger charge is -2.43. The molecule has 4 saturated heterocycles. The van der Waals surface area contributed by atoms with Gasteiger partial charge in [0, 0.05) is 46.2 Å². The number of esters is 2. The molecule has 4 atom stereocenters. The molecule has 4 aliphatic heterocycles. The van der Waals surface area contributed by atoms with Crippen LogP contribution >= 0.6 is 56.8 Å². The van der Waals surface area contributed by atoms with Crippen LogP contribution in [-0.2, 0) is 64.2 Å². The lowest BCUT2D eigenvalue weighted by molar-refractivity contribution is -0.344. The van der Waals surface area contributed by atoms with Gasteiger partial charge in [-0.2, -0.15) is 36.5 Å². The fraction of sp³-hybridized carbons (Fsp3) is 0.552. The summed E-state index contributed by atoms with van der Waals surface area (Å²) in [7, 11) is 0. The number of piperidine rings is 2. The van der Waals surface area contributed by atoms with Crippen LogP contribution in [0.2, 0.25) is 5.15 Å². The summed E-state index contributed by atoms with van der Waals surface area (Å²) in [5.74, 6) is -5.37. The summed E-state index contributed by atoms with van der Waals surface area (Å²) in [5.41, 5.74) is 16.8. The number of nitrogens with two attached hydrogens (primary N) is 1. The minimum atomic E-state index is -5.19. The first-order chi connectivity index (χ1) is 41.2. The van der Waals surface area contributed by atoms with Crippen LogP contribution < -0.4 is 26.2 Å². The molecule has 2 aromatic carbocycles. The van der Waals surface area contributed by atoms with E-state index in [1.807, 2.05) is 4.68 Å². The van der Waals surface area contributed by atoms with Crippen LogP contribution in [-0.4, -0.2) is 115 Å². The summed E-state index contributed by atoms with van der Waals surface area (Å²) in [6.45, 7) is 10.8. The zero-order valence-corrected chi connectivity index (χ0v) is 52.7. The number of fused-ring (bicyclic) bond motifs is 4. The Hall–Kier alpha value is -5.61. The van der Waals surface area contributed by atoms with Crippen molar-refractivity contribution in [3.05, 3.63) is 94.7 Å². The molecule has 4 fully saturated rings. The number of carbonyl (C=O) groups excluding carboxylic acids is 4. The minimum Gasteiger partial charge on any atom is -0.542 e. The molecule has 4 aromatic heterocycles. The molecule has 2 aliphatic carbocycles. The monoisotopic (exact) mass is 1480 g/mol. The molecule has 2 spiro atoms. The SMILES string of the molecule is C.CC(=O)OCc1nc2c(I)nn(C3CCCCO3)c2nc1Cl.CC(=O)OCc1nc2c(I)nn(C3CCCCO3)c2nc1N1CCC2(CC1)Cc1ccccc1C2C.NC1c2ccccc2CC12CCNCC2.O=C([O-])C(F)(F)F.O=C([O-])C(F)(F)F. The highest BCUT2D eigenvalue weighted by molar-refractivity contribution is 14.1. The fourth-order valence-corrected chi connectivity index (χ4v) is 13.2. The van der Waals surface area contributed by atoms with Crippen molar-refractivity contribution in [3.8, 4) is 0 Å². The lowest BCUT2D eigenvalue weighted by Crippen LogP contribution is -2.42. The highest BCUT2D eigenvalue weighted by Crippen LogP contribution is 2.54. The number of rotatable bonds is 7. The number of halogens is 9. The molecule has 0 amide bonds. The molecule has 88 heavy (non-hydrogen) atoms. The maximum absolute atomic E-state index is 11.6. The Kier molecular flexibility index (Phi) is 23.8. The van der Waals surface area contributed by atoms with Crippen LogP contribution in [0.5, 0.6) is 0 Å². The van der Waals surface area contributed by atoms with Crippen LogP contribution in [0.4, 0.5) is 32.2 Å². The molecule has 3 N–H and O–H groups in total. The van der Waals surface area contributed by atoms with Gasteiger partial charge in [-0.05, 0) is 174 Å². The third-order valence-corrected chi connectivity index (χ3v) is 18.2. The second kappa shape index (κ2) is 30.0. The number of anilines is 1. The largest absolute Gasteiger partial charge is 0.542 e. The number of carboxylic acid groups (broad SMARTS) is 2. The lowest BCUT2D eigenvalue weighted by atomic mass is 9.70. The fourth-order valence-electron chi connectivity index (χ4n) is 11.9. The Balaban J connectivity index is 0.000000180. The number of carboxylic acids is 2. The smallest absolute Gasteiger partial charge is 0.430 e. The zero-order valence-electron chi connectivity index (χ0n) is 47.7. The van der Waals surface area contributed by atoms with Crippen molar-refractivity contribution in [2.75, 3.05) is 44.3 Å². The molecule has 4 unspecified atom stereocenters. The zero-order chi connectivity index (χ0) is 63.0. The van der Waals surface area contributed by atoms with Gasteiger partial charge in [-0.3, -0.25) is 9.59 Å². The Morgan fingerprint density at radius 2 is 1.14 bits per heavy atom. The van der Waals surface area contributed by atoms with Crippen molar-refractivity contribution in [2.24, 2.45) is 16.6 Å². The molecule has 0 bridgehead atoms. The van der Waals surface area contributed by atoms with Gasteiger partial charge in [-0.15, -0.1) is 0 Å². The summed E-state index contributed by atoms with van der Waals surface area (Å²) in [4.78, 5) is 61.4. The van der Waals surface area contributed by atoms with E-state index in [4.69, 9.17) is 71.2 Å². The molecular formula is C58H68ClF6I2N11O10-2. The first kappa shape index (κ1) is 69.9. The molecule has 480 valence electrons. The van der Waals surface area contributed by atoms with Crippen molar-refractivity contribution in [3.63, 3.8) is 0 Å². The molecule has 0 saturated carbocycles. The molecule has 8 heterocycles. The number of hydrogen-bond acceptors (Lipinski definition) is 19. The summed E-state index contributed by atoms with van der Waals surface area (Å²) in [5, 5.41) is 30.4. The molecule has 6 aliphatic rings. The average molecular weight is 1480 g/mol. The van der Waals surface area contributed by atoms with E-state index in [2.05, 4.69) is 126 Å². The van der Waals surface area contributed by atoms with E-state index in [1.54, 1.807) is 4.68 Å². The number of carbonyl (C=O) groups is 4. The Morgan fingerprint density at radius 3 is 1.59 bits per heavy atom. The molecular weight excluding hydrogens is 1410 g/mol. The Labute approximate surface area is 535 Å². The second-order valence-electron chi connectivity index (χ2n) is 22.0. The van der Waals surface area contributed by atoms with Crippen molar-refractivity contribution < 1.29 is 74.7 Å². The maximum atomic E-state index is 11.6. The summed E-state index contributed by atoms with van der Waals surface area (Å²) < 4.78 is 90.4. The molecule has 12 rings (SSSR count). The average Bonchev–Trinajstić information content (AvgIpc) is 2.22. The number of benzene rings is 2. The van der Waals surface area contributed by atoms with Crippen molar-refractivity contribution >= 4 is 109 Å². The van der Waals surface area contributed by atoms with E-state index >= 15 is 0 Å². The van der Waals surface area contributed by atoms with Crippen molar-refractivity contribution in [2.45, 2.75) is 155 Å². The van der Waals surface area contributed by atoms with E-state index in [-0.39, 0.29) is 56.2 Å². The molecule has 0 radical (unpaired) electrons.